The second kappa shape index (κ2) is 6.66. The second-order valence-electron chi connectivity index (χ2n) is 8.17. The van der Waals surface area contributed by atoms with Gasteiger partial charge in [-0.05, 0) is 61.1 Å². The molecular weight excluding hydrogens is 362 g/mol. The van der Waals surface area contributed by atoms with Crippen molar-refractivity contribution in [1.82, 2.24) is 0 Å². The number of aryl methyl sites for hydroxylation is 1. The molecule has 4 atom stereocenters. The van der Waals surface area contributed by atoms with Gasteiger partial charge in [-0.15, -0.1) is 0 Å². The van der Waals surface area contributed by atoms with Crippen LogP contribution in [0.15, 0.2) is 66.8 Å². The van der Waals surface area contributed by atoms with Gasteiger partial charge in [-0.3, -0.25) is 19.3 Å². The molecule has 1 saturated carbocycles. The Morgan fingerprint density at radius 3 is 2.24 bits per heavy atom. The van der Waals surface area contributed by atoms with Crippen LogP contribution in [0.25, 0.3) is 6.08 Å². The van der Waals surface area contributed by atoms with Crippen LogP contribution < -0.4 is 4.90 Å². The van der Waals surface area contributed by atoms with Crippen molar-refractivity contribution < 1.29 is 14.4 Å². The Morgan fingerprint density at radius 1 is 0.966 bits per heavy atom. The maximum Gasteiger partial charge on any atom is 0.238 e. The predicted molar refractivity (Wildman–Crippen MR) is 111 cm³/mol. The van der Waals surface area contributed by atoms with Crippen LogP contribution in [-0.4, -0.2) is 17.6 Å². The van der Waals surface area contributed by atoms with Crippen molar-refractivity contribution in [3.8, 4) is 0 Å². The van der Waals surface area contributed by atoms with E-state index in [2.05, 4.69) is 12.2 Å². The van der Waals surface area contributed by atoms with Gasteiger partial charge in [-0.2, -0.15) is 0 Å². The summed E-state index contributed by atoms with van der Waals surface area (Å²) in [4.78, 5) is 39.6. The standard InChI is InChI=1S/C25H21NO3/c1-15-3-2-4-16(13-15)5-12-21(27)17-8-10-20(11-9-17)26-24(28)22-18-6-7-19(14-18)23(22)25(26)29/h2-13,18-19,22-23H,14H2,1H3/b12-5+/t18-,19+,22-,23+. The van der Waals surface area contributed by atoms with Crippen LogP contribution in [0.1, 0.15) is 27.9 Å². The molecule has 0 radical (unpaired) electrons. The van der Waals surface area contributed by atoms with Crippen LogP contribution in [-0.2, 0) is 9.59 Å². The average Bonchev–Trinajstić information content (AvgIpc) is 3.40. The summed E-state index contributed by atoms with van der Waals surface area (Å²) in [5.41, 5.74) is 3.18. The summed E-state index contributed by atoms with van der Waals surface area (Å²) in [6.45, 7) is 2.01. The Labute approximate surface area is 169 Å². The minimum Gasteiger partial charge on any atom is -0.289 e. The molecule has 4 heteroatoms. The number of fused-ring (bicyclic) bond motifs is 5. The zero-order valence-electron chi connectivity index (χ0n) is 16.1. The number of rotatable bonds is 4. The molecule has 0 unspecified atom stereocenters. The Bertz CT molecular complexity index is 1050. The van der Waals surface area contributed by atoms with Gasteiger partial charge in [0.05, 0.1) is 17.5 Å². The molecule has 144 valence electrons. The fraction of sp³-hybridized carbons (Fsp3) is 0.240. The number of carbonyl (C=O) groups excluding carboxylic acids is 3. The molecule has 0 aromatic heterocycles. The van der Waals surface area contributed by atoms with Crippen LogP contribution in [0.4, 0.5) is 5.69 Å². The maximum atomic E-state index is 12.9. The first kappa shape index (κ1) is 17.8. The van der Waals surface area contributed by atoms with Gasteiger partial charge in [0.25, 0.3) is 0 Å². The molecule has 2 fully saturated rings. The monoisotopic (exact) mass is 383 g/mol. The van der Waals surface area contributed by atoms with Gasteiger partial charge in [-0.1, -0.05) is 48.1 Å². The lowest BCUT2D eigenvalue weighted by Gasteiger charge is -2.17. The average molecular weight is 383 g/mol. The van der Waals surface area contributed by atoms with E-state index < -0.39 is 0 Å². The highest BCUT2D eigenvalue weighted by molar-refractivity contribution is 6.23. The van der Waals surface area contributed by atoms with E-state index in [1.54, 1.807) is 36.4 Å². The topological polar surface area (TPSA) is 54.5 Å². The SMILES string of the molecule is Cc1cccc(/C=C/C(=O)c2ccc(N3C(=O)[C@@H]4[C@H](C3=O)[C@@H]3C=C[C@H]4C3)cc2)c1. The van der Waals surface area contributed by atoms with Crippen LogP contribution in [0.2, 0.25) is 0 Å². The normalized spacial score (nSPS) is 27.3. The Morgan fingerprint density at radius 2 is 1.62 bits per heavy atom. The van der Waals surface area contributed by atoms with Crippen molar-refractivity contribution in [2.75, 3.05) is 4.90 Å². The molecule has 29 heavy (non-hydrogen) atoms. The Hall–Kier alpha value is -3.27. The fourth-order valence-electron chi connectivity index (χ4n) is 4.97. The van der Waals surface area contributed by atoms with Gasteiger partial charge < -0.3 is 0 Å². The summed E-state index contributed by atoms with van der Waals surface area (Å²) in [7, 11) is 0. The molecule has 2 amide bonds. The summed E-state index contributed by atoms with van der Waals surface area (Å²) >= 11 is 0. The molecule has 1 saturated heterocycles. The van der Waals surface area contributed by atoms with E-state index in [-0.39, 0.29) is 41.3 Å². The molecule has 1 aliphatic heterocycles. The molecule has 2 bridgehead atoms. The van der Waals surface area contributed by atoms with E-state index in [0.717, 1.165) is 17.5 Å². The third-order valence-corrected chi connectivity index (χ3v) is 6.35. The zero-order valence-corrected chi connectivity index (χ0v) is 16.1. The number of ketones is 1. The molecule has 4 nitrogen and oxygen atoms in total. The van der Waals surface area contributed by atoms with Crippen LogP contribution in [0, 0.1) is 30.6 Å². The van der Waals surface area contributed by atoms with E-state index in [1.807, 2.05) is 31.2 Å². The third-order valence-electron chi connectivity index (χ3n) is 6.35. The van der Waals surface area contributed by atoms with Crippen molar-refractivity contribution in [3.05, 3.63) is 83.4 Å². The number of hydrogen-bond acceptors (Lipinski definition) is 3. The van der Waals surface area contributed by atoms with Crippen molar-refractivity contribution >= 4 is 29.4 Å². The van der Waals surface area contributed by atoms with Gasteiger partial charge in [0.1, 0.15) is 0 Å². The molecule has 2 aromatic rings. The Kier molecular flexibility index (Phi) is 4.09. The quantitative estimate of drug-likeness (QED) is 0.344. The van der Waals surface area contributed by atoms with Crippen LogP contribution in [0.3, 0.4) is 0 Å². The summed E-state index contributed by atoms with van der Waals surface area (Å²) in [5, 5.41) is 0. The van der Waals surface area contributed by atoms with Gasteiger partial charge >= 0.3 is 0 Å². The van der Waals surface area contributed by atoms with E-state index in [4.69, 9.17) is 0 Å². The number of imide groups is 1. The lowest BCUT2D eigenvalue weighted by molar-refractivity contribution is -0.123. The van der Waals surface area contributed by atoms with Gasteiger partial charge in [-0.25, -0.2) is 0 Å². The van der Waals surface area contributed by atoms with Crippen molar-refractivity contribution in [3.63, 3.8) is 0 Å². The lowest BCUT2D eigenvalue weighted by atomic mass is 9.85. The molecule has 5 rings (SSSR count). The van der Waals surface area contributed by atoms with Crippen LogP contribution in [0.5, 0.6) is 0 Å². The fourth-order valence-corrected chi connectivity index (χ4v) is 4.97. The summed E-state index contributed by atoms with van der Waals surface area (Å²) in [6.07, 6.45) is 8.43. The third kappa shape index (κ3) is 2.87. The Balaban J connectivity index is 1.34. The van der Waals surface area contributed by atoms with Gasteiger partial charge in [0.2, 0.25) is 11.8 Å². The van der Waals surface area contributed by atoms with Gasteiger partial charge in [0.15, 0.2) is 5.78 Å². The highest BCUT2D eigenvalue weighted by Crippen LogP contribution is 2.53. The van der Waals surface area contributed by atoms with E-state index >= 15 is 0 Å². The van der Waals surface area contributed by atoms with Crippen molar-refractivity contribution in [2.45, 2.75) is 13.3 Å². The summed E-state index contributed by atoms with van der Waals surface area (Å²) in [6, 6.07) is 14.7. The van der Waals surface area contributed by atoms with E-state index in [1.165, 1.54) is 4.90 Å². The highest BCUT2D eigenvalue weighted by atomic mass is 16.2. The zero-order chi connectivity index (χ0) is 20.1. The number of nitrogens with zero attached hydrogens (tertiary/aromatic N) is 1. The first-order chi connectivity index (χ1) is 14.0. The largest absolute Gasteiger partial charge is 0.289 e. The maximum absolute atomic E-state index is 12.9. The molecular formula is C25H21NO3. The smallest absolute Gasteiger partial charge is 0.238 e. The number of allylic oxidation sites excluding steroid dienone is 3. The van der Waals surface area contributed by atoms with Gasteiger partial charge in [0, 0.05) is 5.56 Å². The van der Waals surface area contributed by atoms with Crippen LogP contribution >= 0.6 is 0 Å². The molecule has 1 heterocycles. The molecule has 0 spiro atoms. The lowest BCUT2D eigenvalue weighted by Crippen LogP contribution is -2.32. The van der Waals surface area contributed by atoms with E-state index in [0.29, 0.717) is 11.3 Å². The molecule has 2 aliphatic carbocycles. The van der Waals surface area contributed by atoms with Crippen molar-refractivity contribution in [1.29, 1.82) is 0 Å². The minimum absolute atomic E-state index is 0.102. The number of hydrogen-bond donors (Lipinski definition) is 0. The van der Waals surface area contributed by atoms with Crippen molar-refractivity contribution in [2.24, 2.45) is 23.7 Å². The first-order valence-corrected chi connectivity index (χ1v) is 9.98. The summed E-state index contributed by atoms with van der Waals surface area (Å²) < 4.78 is 0. The molecule has 3 aliphatic rings. The minimum atomic E-state index is -0.212. The number of carbonyl (C=O) groups is 3. The highest BCUT2D eigenvalue weighted by Gasteiger charge is 2.59. The molecule has 0 N–H and O–H groups in total. The first-order valence-electron chi connectivity index (χ1n) is 9.98. The van der Waals surface area contributed by atoms with E-state index in [9.17, 15) is 14.4 Å². The predicted octanol–water partition coefficient (Wildman–Crippen LogP) is 4.20. The summed E-state index contributed by atoms with van der Waals surface area (Å²) in [5.74, 6) is -0.355. The second-order valence-corrected chi connectivity index (χ2v) is 8.17. The number of anilines is 1. The number of benzene rings is 2. The number of amides is 2. The molecule has 2 aromatic carbocycles.